The van der Waals surface area contributed by atoms with Crippen molar-refractivity contribution < 1.29 is 9.53 Å². The lowest BCUT2D eigenvalue weighted by molar-refractivity contribution is -0.148. The molecule has 0 amide bonds. The third kappa shape index (κ3) is 1.26. The van der Waals surface area contributed by atoms with Crippen molar-refractivity contribution in [2.45, 2.75) is 32.1 Å². The first-order chi connectivity index (χ1) is 5.38. The molecule has 1 heterocycles. The summed E-state index contributed by atoms with van der Waals surface area (Å²) in [5, 5.41) is 0. The second kappa shape index (κ2) is 2.84. The molecule has 0 radical (unpaired) electrons. The summed E-state index contributed by atoms with van der Waals surface area (Å²) in [5.74, 6) is 0.993. The lowest BCUT2D eigenvalue weighted by atomic mass is 9.93. The Bertz CT molecular complexity index is 165. The largest absolute Gasteiger partial charge is 0.465 e. The molecule has 62 valence electrons. The first-order valence-electron chi connectivity index (χ1n) is 4.54. The molecule has 0 aromatic carbocycles. The predicted octanol–water partition coefficient (Wildman–Crippen LogP) is 1.74. The van der Waals surface area contributed by atoms with Crippen molar-refractivity contribution in [3.8, 4) is 0 Å². The molecule has 0 aromatic heterocycles. The molecule has 0 spiro atoms. The SMILES string of the molecule is O=C1OCCC[C@H]2CCC[C@@H]12. The number of hydrogen-bond acceptors (Lipinski definition) is 2. The molecule has 1 aliphatic carbocycles. The van der Waals surface area contributed by atoms with Gasteiger partial charge in [-0.25, -0.2) is 0 Å². The van der Waals surface area contributed by atoms with Gasteiger partial charge in [0.25, 0.3) is 0 Å². The minimum atomic E-state index is 0.0741. The van der Waals surface area contributed by atoms with Gasteiger partial charge in [0.2, 0.25) is 0 Å². The number of rotatable bonds is 0. The van der Waals surface area contributed by atoms with Gasteiger partial charge in [-0.3, -0.25) is 4.79 Å². The quantitative estimate of drug-likeness (QED) is 0.497. The van der Waals surface area contributed by atoms with E-state index in [1.54, 1.807) is 0 Å². The Hall–Kier alpha value is -0.530. The fourth-order valence-corrected chi connectivity index (χ4v) is 2.32. The van der Waals surface area contributed by atoms with Crippen LogP contribution in [0.1, 0.15) is 32.1 Å². The lowest BCUT2D eigenvalue weighted by Crippen LogP contribution is -2.17. The smallest absolute Gasteiger partial charge is 0.309 e. The third-order valence-corrected chi connectivity index (χ3v) is 2.93. The van der Waals surface area contributed by atoms with Gasteiger partial charge in [-0.05, 0) is 31.6 Å². The molecule has 2 nitrogen and oxygen atoms in total. The summed E-state index contributed by atoms with van der Waals surface area (Å²) >= 11 is 0. The Morgan fingerprint density at radius 2 is 2.00 bits per heavy atom. The van der Waals surface area contributed by atoms with Crippen LogP contribution in [0, 0.1) is 11.8 Å². The monoisotopic (exact) mass is 154 g/mol. The molecule has 0 unspecified atom stereocenters. The molecule has 2 fully saturated rings. The van der Waals surface area contributed by atoms with Crippen LogP contribution in [-0.2, 0) is 9.53 Å². The molecule has 2 aliphatic rings. The van der Waals surface area contributed by atoms with E-state index >= 15 is 0 Å². The van der Waals surface area contributed by atoms with Crippen molar-refractivity contribution in [3.05, 3.63) is 0 Å². The van der Waals surface area contributed by atoms with E-state index in [1.807, 2.05) is 0 Å². The van der Waals surface area contributed by atoms with Crippen LogP contribution in [-0.4, -0.2) is 12.6 Å². The summed E-state index contributed by atoms with van der Waals surface area (Å²) in [6.45, 7) is 0.659. The highest BCUT2D eigenvalue weighted by atomic mass is 16.5. The summed E-state index contributed by atoms with van der Waals surface area (Å²) in [6, 6.07) is 0. The van der Waals surface area contributed by atoms with Gasteiger partial charge in [0.05, 0.1) is 12.5 Å². The minimum absolute atomic E-state index is 0.0741. The van der Waals surface area contributed by atoms with Crippen LogP contribution in [0.15, 0.2) is 0 Å². The van der Waals surface area contributed by atoms with Crippen LogP contribution in [0.25, 0.3) is 0 Å². The summed E-state index contributed by atoms with van der Waals surface area (Å²) in [5.41, 5.74) is 0. The normalized spacial score (nSPS) is 37.6. The lowest BCUT2D eigenvalue weighted by Gasteiger charge is -2.11. The van der Waals surface area contributed by atoms with Gasteiger partial charge in [-0.2, -0.15) is 0 Å². The number of fused-ring (bicyclic) bond motifs is 1. The van der Waals surface area contributed by atoms with E-state index in [4.69, 9.17) is 4.74 Å². The molecule has 1 aliphatic heterocycles. The highest BCUT2D eigenvalue weighted by Gasteiger charge is 2.35. The van der Waals surface area contributed by atoms with Gasteiger partial charge < -0.3 is 4.74 Å². The van der Waals surface area contributed by atoms with E-state index in [0.29, 0.717) is 12.5 Å². The van der Waals surface area contributed by atoms with Crippen LogP contribution in [0.3, 0.4) is 0 Å². The maximum atomic E-state index is 11.3. The molecule has 2 heteroatoms. The number of carbonyl (C=O) groups is 1. The molecule has 2 rings (SSSR count). The maximum absolute atomic E-state index is 11.3. The average Bonchev–Trinajstić information content (AvgIpc) is 2.40. The summed E-state index contributed by atoms with van der Waals surface area (Å²) in [6.07, 6.45) is 5.83. The summed E-state index contributed by atoms with van der Waals surface area (Å²) in [4.78, 5) is 11.3. The average molecular weight is 154 g/mol. The van der Waals surface area contributed by atoms with Gasteiger partial charge >= 0.3 is 5.97 Å². The van der Waals surface area contributed by atoms with Gasteiger partial charge in [-0.1, -0.05) is 6.42 Å². The zero-order valence-electron chi connectivity index (χ0n) is 6.71. The third-order valence-electron chi connectivity index (χ3n) is 2.93. The van der Waals surface area contributed by atoms with Gasteiger partial charge in [-0.15, -0.1) is 0 Å². The van der Waals surface area contributed by atoms with Crippen LogP contribution in [0.2, 0.25) is 0 Å². The molecule has 1 saturated carbocycles. The van der Waals surface area contributed by atoms with Crippen molar-refractivity contribution >= 4 is 5.97 Å². The highest BCUT2D eigenvalue weighted by molar-refractivity contribution is 5.73. The Kier molecular flexibility index (Phi) is 1.84. The maximum Gasteiger partial charge on any atom is 0.309 e. The van der Waals surface area contributed by atoms with Crippen molar-refractivity contribution in [1.82, 2.24) is 0 Å². The molecule has 11 heavy (non-hydrogen) atoms. The van der Waals surface area contributed by atoms with Crippen molar-refractivity contribution in [2.24, 2.45) is 11.8 Å². The zero-order valence-corrected chi connectivity index (χ0v) is 6.71. The Labute approximate surface area is 66.9 Å². The van der Waals surface area contributed by atoms with E-state index in [0.717, 1.165) is 12.8 Å². The Morgan fingerprint density at radius 1 is 1.18 bits per heavy atom. The van der Waals surface area contributed by atoms with Crippen LogP contribution >= 0.6 is 0 Å². The molecular weight excluding hydrogens is 140 g/mol. The second-order valence-corrected chi connectivity index (χ2v) is 3.61. The molecule has 0 aromatic rings. The fourth-order valence-electron chi connectivity index (χ4n) is 2.32. The highest BCUT2D eigenvalue weighted by Crippen LogP contribution is 2.37. The first-order valence-corrected chi connectivity index (χ1v) is 4.54. The van der Waals surface area contributed by atoms with Gasteiger partial charge in [0.1, 0.15) is 0 Å². The zero-order chi connectivity index (χ0) is 7.68. The number of hydrogen-bond donors (Lipinski definition) is 0. The van der Waals surface area contributed by atoms with Gasteiger partial charge in [0.15, 0.2) is 0 Å². The van der Waals surface area contributed by atoms with E-state index in [2.05, 4.69) is 0 Å². The molecule has 0 bridgehead atoms. The fraction of sp³-hybridized carbons (Fsp3) is 0.889. The summed E-state index contributed by atoms with van der Waals surface area (Å²) in [7, 11) is 0. The second-order valence-electron chi connectivity index (χ2n) is 3.61. The van der Waals surface area contributed by atoms with Crippen molar-refractivity contribution in [3.63, 3.8) is 0 Å². The van der Waals surface area contributed by atoms with Gasteiger partial charge in [0, 0.05) is 0 Å². The van der Waals surface area contributed by atoms with Crippen LogP contribution in [0.4, 0.5) is 0 Å². The van der Waals surface area contributed by atoms with Crippen LogP contribution in [0.5, 0.6) is 0 Å². The Balaban J connectivity index is 2.09. The van der Waals surface area contributed by atoms with E-state index < -0.39 is 0 Å². The standard InChI is InChI=1S/C9H14O2/c10-9-8-5-1-3-7(8)4-2-6-11-9/h7-8H,1-6H2/t7-,8-/m1/s1. The molecule has 0 N–H and O–H groups in total. The topological polar surface area (TPSA) is 26.3 Å². The number of cyclic esters (lactones) is 1. The van der Waals surface area contributed by atoms with E-state index in [1.165, 1.54) is 19.3 Å². The number of esters is 1. The molecule has 2 atom stereocenters. The van der Waals surface area contributed by atoms with Crippen molar-refractivity contribution in [2.75, 3.05) is 6.61 Å². The number of carbonyl (C=O) groups excluding carboxylic acids is 1. The predicted molar refractivity (Wildman–Crippen MR) is 41.0 cm³/mol. The van der Waals surface area contributed by atoms with E-state index in [9.17, 15) is 4.79 Å². The molecule has 1 saturated heterocycles. The molecular formula is C9H14O2. The Morgan fingerprint density at radius 3 is 2.91 bits per heavy atom. The summed E-state index contributed by atoms with van der Waals surface area (Å²) < 4.78 is 5.08. The van der Waals surface area contributed by atoms with E-state index in [-0.39, 0.29) is 11.9 Å². The minimum Gasteiger partial charge on any atom is -0.465 e. The first kappa shape index (κ1) is 7.14. The number of ether oxygens (including phenoxy) is 1. The van der Waals surface area contributed by atoms with Crippen molar-refractivity contribution in [1.29, 1.82) is 0 Å². The van der Waals surface area contributed by atoms with Crippen LogP contribution < -0.4 is 0 Å².